The zero-order valence-corrected chi connectivity index (χ0v) is 13.3. The van der Waals surface area contributed by atoms with Gasteiger partial charge >= 0.3 is 0 Å². The van der Waals surface area contributed by atoms with Gasteiger partial charge in [0, 0.05) is 29.7 Å². The Kier molecular flexibility index (Phi) is 3.93. The number of nitrogens with zero attached hydrogens (tertiary/aromatic N) is 1. The minimum Gasteiger partial charge on any atom is -0.497 e. The van der Waals surface area contributed by atoms with Crippen molar-refractivity contribution in [1.82, 2.24) is 4.57 Å². The predicted molar refractivity (Wildman–Crippen MR) is 90.4 cm³/mol. The van der Waals surface area contributed by atoms with E-state index in [-0.39, 0.29) is 5.91 Å². The van der Waals surface area contributed by atoms with Crippen LogP contribution in [0.3, 0.4) is 0 Å². The fraction of sp³-hybridized carbons (Fsp3) is 0.167. The van der Waals surface area contributed by atoms with Crippen molar-refractivity contribution in [1.29, 1.82) is 0 Å². The predicted octanol–water partition coefficient (Wildman–Crippen LogP) is 3.45. The average molecular weight is 310 g/mol. The van der Waals surface area contributed by atoms with E-state index in [1.807, 2.05) is 54.1 Å². The van der Waals surface area contributed by atoms with Crippen molar-refractivity contribution in [2.75, 3.05) is 19.5 Å². The molecule has 3 rings (SSSR count). The lowest BCUT2D eigenvalue weighted by Crippen LogP contribution is -2.15. The SMILES string of the molecule is COc1cccc(NC(=O)c2cc3cc(OC)ccc3n2C)c1. The Hall–Kier alpha value is -2.95. The first-order chi connectivity index (χ1) is 11.1. The smallest absolute Gasteiger partial charge is 0.272 e. The maximum Gasteiger partial charge on any atom is 0.272 e. The van der Waals surface area contributed by atoms with Crippen LogP contribution in [0.4, 0.5) is 5.69 Å². The number of anilines is 1. The summed E-state index contributed by atoms with van der Waals surface area (Å²) in [6.45, 7) is 0. The van der Waals surface area contributed by atoms with Crippen LogP contribution >= 0.6 is 0 Å². The molecule has 5 nitrogen and oxygen atoms in total. The second-order valence-corrected chi connectivity index (χ2v) is 5.20. The number of hydrogen-bond donors (Lipinski definition) is 1. The number of benzene rings is 2. The van der Waals surface area contributed by atoms with Crippen LogP contribution in [0.25, 0.3) is 10.9 Å². The molecule has 3 aromatic rings. The van der Waals surface area contributed by atoms with Gasteiger partial charge in [-0.15, -0.1) is 0 Å². The highest BCUT2D eigenvalue weighted by Crippen LogP contribution is 2.25. The number of rotatable bonds is 4. The van der Waals surface area contributed by atoms with Gasteiger partial charge in [-0.25, -0.2) is 0 Å². The molecule has 118 valence electrons. The second kappa shape index (κ2) is 6.04. The first kappa shape index (κ1) is 15.0. The number of aromatic nitrogens is 1. The van der Waals surface area contributed by atoms with Crippen LogP contribution in [0.15, 0.2) is 48.5 Å². The molecule has 0 bridgehead atoms. The Bertz CT molecular complexity index is 868. The number of carbonyl (C=O) groups is 1. The molecule has 0 fully saturated rings. The lowest BCUT2D eigenvalue weighted by Gasteiger charge is -2.08. The van der Waals surface area contributed by atoms with Crippen LogP contribution in [-0.2, 0) is 7.05 Å². The number of carbonyl (C=O) groups excluding carboxylic acids is 1. The summed E-state index contributed by atoms with van der Waals surface area (Å²) >= 11 is 0. The molecule has 0 unspecified atom stereocenters. The Morgan fingerprint density at radius 1 is 1.00 bits per heavy atom. The van der Waals surface area contributed by atoms with Gasteiger partial charge in [-0.1, -0.05) is 6.07 Å². The lowest BCUT2D eigenvalue weighted by molar-refractivity contribution is 0.102. The van der Waals surface area contributed by atoms with Gasteiger partial charge in [0.2, 0.25) is 0 Å². The minimum atomic E-state index is -0.170. The molecule has 2 aromatic carbocycles. The van der Waals surface area contributed by atoms with Crippen molar-refractivity contribution in [3.05, 3.63) is 54.2 Å². The number of nitrogens with one attached hydrogen (secondary N) is 1. The molecule has 0 aliphatic heterocycles. The van der Waals surface area contributed by atoms with Crippen LogP contribution in [-0.4, -0.2) is 24.7 Å². The van der Waals surface area contributed by atoms with Gasteiger partial charge in [-0.05, 0) is 36.4 Å². The Labute approximate surface area is 134 Å². The number of aryl methyl sites for hydroxylation is 1. The molecule has 1 heterocycles. The molecule has 5 heteroatoms. The van der Waals surface area contributed by atoms with Crippen LogP contribution in [0.5, 0.6) is 11.5 Å². The highest BCUT2D eigenvalue weighted by Gasteiger charge is 2.14. The third-order valence-electron chi connectivity index (χ3n) is 3.81. The van der Waals surface area contributed by atoms with Gasteiger partial charge in [0.25, 0.3) is 5.91 Å². The molecular formula is C18H18N2O3. The molecular weight excluding hydrogens is 292 g/mol. The molecule has 1 N–H and O–H groups in total. The van der Waals surface area contributed by atoms with E-state index in [1.165, 1.54) is 0 Å². The van der Waals surface area contributed by atoms with Crippen molar-refractivity contribution >= 4 is 22.5 Å². The van der Waals surface area contributed by atoms with E-state index in [1.54, 1.807) is 20.3 Å². The van der Waals surface area contributed by atoms with Crippen LogP contribution < -0.4 is 14.8 Å². The van der Waals surface area contributed by atoms with E-state index < -0.39 is 0 Å². The van der Waals surface area contributed by atoms with E-state index >= 15 is 0 Å². The van der Waals surface area contributed by atoms with Gasteiger partial charge in [0.1, 0.15) is 17.2 Å². The normalized spacial score (nSPS) is 10.6. The lowest BCUT2D eigenvalue weighted by atomic mass is 10.2. The summed E-state index contributed by atoms with van der Waals surface area (Å²) < 4.78 is 12.3. The average Bonchev–Trinajstić information content (AvgIpc) is 2.91. The van der Waals surface area contributed by atoms with Crippen LogP contribution in [0.2, 0.25) is 0 Å². The summed E-state index contributed by atoms with van der Waals surface area (Å²) in [5, 5.41) is 3.85. The number of fused-ring (bicyclic) bond motifs is 1. The van der Waals surface area contributed by atoms with Crippen LogP contribution in [0.1, 0.15) is 10.5 Å². The fourth-order valence-electron chi connectivity index (χ4n) is 2.57. The maximum absolute atomic E-state index is 12.6. The zero-order chi connectivity index (χ0) is 16.4. The van der Waals surface area contributed by atoms with E-state index in [0.29, 0.717) is 17.1 Å². The number of hydrogen-bond acceptors (Lipinski definition) is 3. The van der Waals surface area contributed by atoms with E-state index in [4.69, 9.17) is 9.47 Å². The summed E-state index contributed by atoms with van der Waals surface area (Å²) in [5.74, 6) is 1.29. The molecule has 0 spiro atoms. The molecule has 0 saturated heterocycles. The van der Waals surface area contributed by atoms with Crippen LogP contribution in [0, 0.1) is 0 Å². The molecule has 0 saturated carbocycles. The number of ether oxygens (including phenoxy) is 2. The summed E-state index contributed by atoms with van der Waals surface area (Å²) in [6, 6.07) is 14.9. The van der Waals surface area contributed by atoms with Gasteiger partial charge in [0.05, 0.1) is 14.2 Å². The Balaban J connectivity index is 1.92. The summed E-state index contributed by atoms with van der Waals surface area (Å²) in [5.41, 5.74) is 2.25. The van der Waals surface area contributed by atoms with Crippen molar-refractivity contribution in [2.24, 2.45) is 7.05 Å². The van der Waals surface area contributed by atoms with E-state index in [9.17, 15) is 4.79 Å². The number of methoxy groups -OCH3 is 2. The van der Waals surface area contributed by atoms with E-state index in [0.717, 1.165) is 16.7 Å². The van der Waals surface area contributed by atoms with Gasteiger partial charge in [0.15, 0.2) is 0 Å². The van der Waals surface area contributed by atoms with Crippen molar-refractivity contribution < 1.29 is 14.3 Å². The molecule has 0 aliphatic carbocycles. The summed E-state index contributed by atoms with van der Waals surface area (Å²) in [6.07, 6.45) is 0. The van der Waals surface area contributed by atoms with Gasteiger partial charge in [-0.3, -0.25) is 4.79 Å². The quantitative estimate of drug-likeness (QED) is 0.803. The third kappa shape index (κ3) is 2.85. The molecule has 0 radical (unpaired) electrons. The summed E-state index contributed by atoms with van der Waals surface area (Å²) in [7, 11) is 5.09. The third-order valence-corrected chi connectivity index (χ3v) is 3.81. The Morgan fingerprint density at radius 2 is 1.74 bits per heavy atom. The minimum absolute atomic E-state index is 0.170. The highest BCUT2D eigenvalue weighted by atomic mass is 16.5. The molecule has 23 heavy (non-hydrogen) atoms. The van der Waals surface area contributed by atoms with Crippen molar-refractivity contribution in [3.63, 3.8) is 0 Å². The highest BCUT2D eigenvalue weighted by molar-refractivity contribution is 6.06. The molecule has 0 atom stereocenters. The standard InChI is InChI=1S/C18H18N2O3/c1-20-16-8-7-15(23-3)9-12(16)10-17(20)18(21)19-13-5-4-6-14(11-13)22-2/h4-11H,1-3H3,(H,19,21). The largest absolute Gasteiger partial charge is 0.497 e. The van der Waals surface area contributed by atoms with E-state index in [2.05, 4.69) is 5.32 Å². The second-order valence-electron chi connectivity index (χ2n) is 5.20. The van der Waals surface area contributed by atoms with Gasteiger partial charge < -0.3 is 19.4 Å². The number of amides is 1. The summed E-state index contributed by atoms with van der Waals surface area (Å²) in [4.78, 5) is 12.6. The molecule has 0 aliphatic rings. The Morgan fingerprint density at radius 3 is 2.48 bits per heavy atom. The van der Waals surface area contributed by atoms with Crippen molar-refractivity contribution in [2.45, 2.75) is 0 Å². The first-order valence-corrected chi connectivity index (χ1v) is 7.21. The first-order valence-electron chi connectivity index (χ1n) is 7.21. The molecule has 1 amide bonds. The van der Waals surface area contributed by atoms with Gasteiger partial charge in [-0.2, -0.15) is 0 Å². The monoisotopic (exact) mass is 310 g/mol. The maximum atomic E-state index is 12.6. The fourth-order valence-corrected chi connectivity index (χ4v) is 2.57. The topological polar surface area (TPSA) is 52.5 Å². The molecule has 1 aromatic heterocycles. The zero-order valence-electron chi connectivity index (χ0n) is 13.3. The van der Waals surface area contributed by atoms with Crippen molar-refractivity contribution in [3.8, 4) is 11.5 Å².